The second-order valence-corrected chi connectivity index (χ2v) is 11.0. The number of rotatable bonds is 6. The Morgan fingerprint density at radius 2 is 2.06 bits per heavy atom. The highest BCUT2D eigenvalue weighted by Gasteiger charge is 2.68. The van der Waals surface area contributed by atoms with Crippen LogP contribution in [0.3, 0.4) is 0 Å². The molecule has 1 unspecified atom stereocenters. The maximum atomic E-state index is 12.7. The van der Waals surface area contributed by atoms with E-state index in [0.717, 1.165) is 24.9 Å². The van der Waals surface area contributed by atoms with Crippen molar-refractivity contribution in [3.63, 3.8) is 0 Å². The predicted octanol–water partition coefficient (Wildman–Crippen LogP) is 3.73. The van der Waals surface area contributed by atoms with Crippen LogP contribution in [0.1, 0.15) is 58.4 Å². The number of benzene rings is 1. The Morgan fingerprint density at radius 3 is 2.78 bits per heavy atom. The zero-order valence-electron chi connectivity index (χ0n) is 19.6. The number of carbonyl (C=O) groups excluding carboxylic acids is 1. The van der Waals surface area contributed by atoms with Crippen LogP contribution in [-0.2, 0) is 20.5 Å². The van der Waals surface area contributed by atoms with E-state index in [1.165, 1.54) is 19.3 Å². The van der Waals surface area contributed by atoms with Crippen molar-refractivity contribution < 1.29 is 18.8 Å². The van der Waals surface area contributed by atoms with Gasteiger partial charge in [-0.25, -0.2) is 4.79 Å². The molecule has 32 heavy (non-hydrogen) atoms. The number of piperidine rings is 1. The molecule has 1 amide bonds. The van der Waals surface area contributed by atoms with Gasteiger partial charge in [0.05, 0.1) is 17.6 Å². The van der Waals surface area contributed by atoms with Crippen LogP contribution in [0.15, 0.2) is 30.3 Å². The molecule has 174 valence electrons. The Kier molecular flexibility index (Phi) is 6.02. The molecular formula is C25H37BN2O4. The van der Waals surface area contributed by atoms with Crippen molar-refractivity contribution in [2.75, 3.05) is 13.2 Å². The molecule has 0 radical (unpaired) electrons. The molecule has 2 bridgehead atoms. The minimum atomic E-state index is -0.472. The van der Waals surface area contributed by atoms with Gasteiger partial charge < -0.3 is 24.7 Å². The van der Waals surface area contributed by atoms with Crippen LogP contribution in [0.5, 0.6) is 0 Å². The van der Waals surface area contributed by atoms with Gasteiger partial charge >= 0.3 is 13.2 Å². The third-order valence-corrected chi connectivity index (χ3v) is 8.73. The van der Waals surface area contributed by atoms with E-state index in [-0.39, 0.29) is 29.1 Å². The average molecular weight is 440 g/mol. The predicted molar refractivity (Wildman–Crippen MR) is 124 cm³/mol. The van der Waals surface area contributed by atoms with Crippen LogP contribution in [0.2, 0.25) is 0 Å². The fraction of sp³-hybridized carbons (Fsp3) is 0.720. The first-order valence-corrected chi connectivity index (χ1v) is 12.4. The summed E-state index contributed by atoms with van der Waals surface area (Å²) in [4.78, 5) is 12.7. The summed E-state index contributed by atoms with van der Waals surface area (Å²) in [5.74, 6) is 0.888. The van der Waals surface area contributed by atoms with Gasteiger partial charge in [0.1, 0.15) is 6.61 Å². The second-order valence-electron chi connectivity index (χ2n) is 11.0. The number of hydrogen-bond acceptors (Lipinski definition) is 5. The van der Waals surface area contributed by atoms with E-state index < -0.39 is 13.2 Å². The van der Waals surface area contributed by atoms with Crippen molar-refractivity contribution >= 4 is 13.2 Å². The quantitative estimate of drug-likeness (QED) is 0.660. The summed E-state index contributed by atoms with van der Waals surface area (Å²) in [6.45, 7) is 8.33. The van der Waals surface area contributed by atoms with Crippen LogP contribution in [0.4, 0.5) is 4.79 Å². The van der Waals surface area contributed by atoms with Crippen LogP contribution < -0.4 is 10.6 Å². The van der Waals surface area contributed by atoms with Crippen molar-refractivity contribution in [3.8, 4) is 0 Å². The first-order chi connectivity index (χ1) is 15.4. The van der Waals surface area contributed by atoms with E-state index in [9.17, 15) is 4.79 Å². The van der Waals surface area contributed by atoms with E-state index >= 15 is 0 Å². The number of nitrogens with one attached hydrogen (secondary N) is 2. The molecule has 3 saturated carbocycles. The average Bonchev–Trinajstić information content (AvgIpc) is 3.16. The van der Waals surface area contributed by atoms with Gasteiger partial charge in [-0.15, -0.1) is 0 Å². The summed E-state index contributed by atoms with van der Waals surface area (Å²) in [6.07, 6.45) is 6.01. The minimum absolute atomic E-state index is 0.0896. The molecule has 2 saturated heterocycles. The Bertz CT molecular complexity index is 815. The Morgan fingerprint density at radius 1 is 1.25 bits per heavy atom. The lowest BCUT2D eigenvalue weighted by molar-refractivity contribution is -0.199. The van der Waals surface area contributed by atoms with Gasteiger partial charge in [-0.3, -0.25) is 0 Å². The smallest absolute Gasteiger partial charge is 0.448 e. The highest BCUT2D eigenvalue weighted by Crippen LogP contribution is 2.65. The number of amides is 1. The molecule has 7 heteroatoms. The summed E-state index contributed by atoms with van der Waals surface area (Å²) < 4.78 is 18.7. The molecular weight excluding hydrogens is 403 g/mol. The van der Waals surface area contributed by atoms with E-state index in [4.69, 9.17) is 14.0 Å². The standard InChI is InChI=1S/C25H37BN2O4/c1-24(2)18-14-20(24)25(3)21(15-18)31-26(32-25)22(13-17-9-5-4-6-10-17)28-23(29)30-16-19-11-7-8-12-27-19/h4-6,9-10,18-22,27H,7-8,11-16H2,1-3H3,(H,28,29)/t18-,19+,20-,21+,22?,25-/m0/s1. The van der Waals surface area contributed by atoms with E-state index in [1.807, 2.05) is 18.2 Å². The van der Waals surface area contributed by atoms with Gasteiger partial charge in [0.15, 0.2) is 0 Å². The topological polar surface area (TPSA) is 68.8 Å². The fourth-order valence-electron chi connectivity index (χ4n) is 6.59. The van der Waals surface area contributed by atoms with E-state index in [0.29, 0.717) is 24.9 Å². The monoisotopic (exact) mass is 440 g/mol. The number of alkyl carbamates (subject to hydrolysis) is 1. The highest BCUT2D eigenvalue weighted by molar-refractivity contribution is 6.47. The van der Waals surface area contributed by atoms with Crippen molar-refractivity contribution in [3.05, 3.63) is 35.9 Å². The Labute approximate surface area is 192 Å². The normalized spacial score (nSPS) is 36.0. The van der Waals surface area contributed by atoms with Gasteiger partial charge in [-0.2, -0.15) is 0 Å². The molecule has 3 aliphatic carbocycles. The molecule has 6 atom stereocenters. The lowest BCUT2D eigenvalue weighted by Crippen LogP contribution is -2.65. The van der Waals surface area contributed by atoms with Crippen molar-refractivity contribution in [2.24, 2.45) is 17.3 Å². The third-order valence-electron chi connectivity index (χ3n) is 8.73. The van der Waals surface area contributed by atoms with Crippen LogP contribution in [0, 0.1) is 17.3 Å². The third kappa shape index (κ3) is 4.08. The van der Waals surface area contributed by atoms with E-state index in [1.54, 1.807) is 0 Å². The first kappa shape index (κ1) is 22.2. The SMILES string of the molecule is CC1(C)[C@@H]2C[C@H]3OB(C(Cc4ccccc4)NC(=O)OC[C@H]4CCCCN4)O[C@@]3(C)[C@H]1C2. The fourth-order valence-corrected chi connectivity index (χ4v) is 6.59. The molecule has 2 heterocycles. The van der Waals surface area contributed by atoms with Gasteiger partial charge in [0.2, 0.25) is 0 Å². The van der Waals surface area contributed by atoms with E-state index in [2.05, 4.69) is 43.5 Å². The summed E-state index contributed by atoms with van der Waals surface area (Å²) in [7, 11) is -0.472. The van der Waals surface area contributed by atoms with Gasteiger partial charge in [-0.1, -0.05) is 50.6 Å². The van der Waals surface area contributed by atoms with Crippen molar-refractivity contribution in [2.45, 2.75) is 83.0 Å². The van der Waals surface area contributed by atoms with Crippen LogP contribution in [0.25, 0.3) is 0 Å². The zero-order valence-corrected chi connectivity index (χ0v) is 19.6. The zero-order chi connectivity index (χ0) is 22.3. The highest BCUT2D eigenvalue weighted by atomic mass is 16.7. The molecule has 1 aromatic carbocycles. The van der Waals surface area contributed by atoms with Crippen LogP contribution >= 0.6 is 0 Å². The summed E-state index contributed by atoms with van der Waals surface area (Å²) in [6, 6.07) is 10.5. The number of carbonyl (C=O) groups is 1. The van der Waals surface area contributed by atoms with Gasteiger partial charge in [-0.05, 0) is 68.4 Å². The van der Waals surface area contributed by atoms with Gasteiger partial charge in [0.25, 0.3) is 0 Å². The molecule has 5 fully saturated rings. The summed E-state index contributed by atoms with van der Waals surface area (Å²) >= 11 is 0. The maximum absolute atomic E-state index is 12.7. The number of hydrogen-bond donors (Lipinski definition) is 2. The number of ether oxygens (including phenoxy) is 1. The van der Waals surface area contributed by atoms with Crippen LogP contribution in [-0.4, -0.2) is 50.1 Å². The molecule has 6 rings (SSSR count). The molecule has 5 aliphatic rings. The van der Waals surface area contributed by atoms with Gasteiger partial charge in [0, 0.05) is 6.04 Å². The Balaban J connectivity index is 1.27. The molecule has 0 spiro atoms. The van der Waals surface area contributed by atoms with Crippen molar-refractivity contribution in [1.82, 2.24) is 10.6 Å². The first-order valence-electron chi connectivity index (χ1n) is 12.4. The molecule has 6 nitrogen and oxygen atoms in total. The largest absolute Gasteiger partial charge is 0.482 e. The van der Waals surface area contributed by atoms with Crippen molar-refractivity contribution in [1.29, 1.82) is 0 Å². The Hall–Kier alpha value is -1.57. The lowest BCUT2D eigenvalue weighted by Gasteiger charge is -2.64. The molecule has 2 N–H and O–H groups in total. The summed E-state index contributed by atoms with van der Waals surface area (Å²) in [5.41, 5.74) is 1.14. The molecule has 2 aliphatic heterocycles. The lowest BCUT2D eigenvalue weighted by atomic mass is 9.43. The second kappa shape index (κ2) is 8.66. The molecule has 1 aromatic rings. The summed E-state index contributed by atoms with van der Waals surface area (Å²) in [5, 5.41) is 6.51. The molecule has 0 aromatic heterocycles. The maximum Gasteiger partial charge on any atom is 0.482 e. The minimum Gasteiger partial charge on any atom is -0.448 e.